The van der Waals surface area contributed by atoms with Gasteiger partial charge in [-0.05, 0) is 70.6 Å². The first-order valence-electron chi connectivity index (χ1n) is 29.8. The van der Waals surface area contributed by atoms with Gasteiger partial charge in [-0.15, -0.1) is 0 Å². The fourth-order valence-corrected chi connectivity index (χ4v) is 9.58. The van der Waals surface area contributed by atoms with Gasteiger partial charge in [0.25, 0.3) is 0 Å². The van der Waals surface area contributed by atoms with Crippen LogP contribution in [-0.4, -0.2) is 193 Å². The molecule has 3 aliphatic heterocycles. The molecule has 19 nitrogen and oxygen atoms in total. The van der Waals surface area contributed by atoms with E-state index in [1.54, 1.807) is 0 Å². The summed E-state index contributed by atoms with van der Waals surface area (Å²) in [7, 11) is 0. The highest BCUT2D eigenvalue weighted by atomic mass is 16.8. The molecule has 3 heterocycles. The summed E-state index contributed by atoms with van der Waals surface area (Å²) in [4.78, 5) is 13.2. The second kappa shape index (κ2) is 43.6. The van der Waals surface area contributed by atoms with Gasteiger partial charge in [0.15, 0.2) is 18.9 Å². The van der Waals surface area contributed by atoms with Crippen molar-refractivity contribution in [1.82, 2.24) is 5.32 Å². The van der Waals surface area contributed by atoms with E-state index in [0.29, 0.717) is 19.3 Å². The smallest absolute Gasteiger partial charge is 0.220 e. The number of amides is 1. The van der Waals surface area contributed by atoms with Gasteiger partial charge in [-0.3, -0.25) is 4.79 Å². The SMILES string of the molecule is CC/C=C\C/C=C\C/C=C\C/C=C\C/C=C\C/C=C\C/C=C\CCCCCCCCCC(=O)NC(COC1OC(CO)C(OC2OC(CO)C(OC3OC(CO)C(O)C(O)C3O)C(O)C2O)C(O)C1O)C(O)CCCCCCCC. The third kappa shape index (κ3) is 27.1. The molecule has 0 aliphatic carbocycles. The molecule has 12 N–H and O–H groups in total. The highest BCUT2D eigenvalue weighted by molar-refractivity contribution is 5.76. The molecule has 0 bridgehead atoms. The Morgan fingerprint density at radius 1 is 0.463 bits per heavy atom. The number of carbonyl (C=O) groups excluding carboxylic acids is 1. The number of hydrogen-bond acceptors (Lipinski definition) is 18. The van der Waals surface area contributed by atoms with Gasteiger partial charge in [0.1, 0.15) is 73.2 Å². The van der Waals surface area contributed by atoms with Gasteiger partial charge in [-0.1, -0.05) is 170 Å². The molecule has 3 fully saturated rings. The number of aliphatic hydroxyl groups is 11. The molecule has 460 valence electrons. The van der Waals surface area contributed by atoms with E-state index in [9.17, 15) is 61.0 Å². The number of ether oxygens (including phenoxy) is 6. The van der Waals surface area contributed by atoms with Crippen molar-refractivity contribution in [2.24, 2.45) is 0 Å². The zero-order valence-electron chi connectivity index (χ0n) is 47.8. The van der Waals surface area contributed by atoms with Crippen LogP contribution in [-0.2, 0) is 33.2 Å². The summed E-state index contributed by atoms with van der Waals surface area (Å²) in [6, 6.07) is -0.895. The van der Waals surface area contributed by atoms with Gasteiger partial charge in [0.2, 0.25) is 5.91 Å². The molecule has 0 aromatic carbocycles. The lowest BCUT2D eigenvalue weighted by Gasteiger charge is -2.48. The Balaban J connectivity index is 1.38. The minimum Gasteiger partial charge on any atom is -0.394 e. The van der Waals surface area contributed by atoms with Crippen LogP contribution in [0.3, 0.4) is 0 Å². The summed E-state index contributed by atoms with van der Waals surface area (Å²) < 4.78 is 34.1. The van der Waals surface area contributed by atoms with Crippen molar-refractivity contribution in [2.45, 2.75) is 266 Å². The Hall–Kier alpha value is -3.03. The van der Waals surface area contributed by atoms with E-state index in [1.807, 2.05) is 0 Å². The molecule has 0 radical (unpaired) electrons. The van der Waals surface area contributed by atoms with Crippen LogP contribution in [0.15, 0.2) is 85.1 Å². The van der Waals surface area contributed by atoms with Crippen molar-refractivity contribution in [2.75, 3.05) is 26.4 Å². The monoisotopic (exact) mass is 1140 g/mol. The number of aliphatic hydroxyl groups excluding tert-OH is 11. The average Bonchev–Trinajstić information content (AvgIpc) is 3.45. The van der Waals surface area contributed by atoms with E-state index in [2.05, 4.69) is 104 Å². The quantitative estimate of drug-likeness (QED) is 0.0276. The summed E-state index contributed by atoms with van der Waals surface area (Å²) >= 11 is 0. The fourth-order valence-electron chi connectivity index (χ4n) is 9.58. The first-order chi connectivity index (χ1) is 38.8. The van der Waals surface area contributed by atoms with Gasteiger partial charge in [-0.25, -0.2) is 0 Å². The normalized spacial score (nSPS) is 30.6. The molecule has 3 rings (SSSR count). The molecular formula is C61H103NO18. The second-order valence-corrected chi connectivity index (χ2v) is 21.1. The highest BCUT2D eigenvalue weighted by Gasteiger charge is 2.53. The van der Waals surface area contributed by atoms with Crippen molar-refractivity contribution >= 4 is 5.91 Å². The largest absolute Gasteiger partial charge is 0.394 e. The summed E-state index contributed by atoms with van der Waals surface area (Å²) in [5, 5.41) is 120. The summed E-state index contributed by atoms with van der Waals surface area (Å²) in [6.45, 7) is 1.55. The Morgan fingerprint density at radius 2 is 0.863 bits per heavy atom. The molecule has 17 unspecified atom stereocenters. The number of rotatable bonds is 42. The van der Waals surface area contributed by atoms with Crippen molar-refractivity contribution < 1.29 is 89.4 Å². The minimum atomic E-state index is -1.97. The molecule has 1 amide bonds. The van der Waals surface area contributed by atoms with E-state index < -0.39 is 124 Å². The molecule has 0 saturated carbocycles. The molecule has 19 heteroatoms. The van der Waals surface area contributed by atoms with Crippen molar-refractivity contribution in [3.8, 4) is 0 Å². The molecule has 0 aromatic rings. The minimum absolute atomic E-state index is 0.246. The number of nitrogens with one attached hydrogen (secondary N) is 1. The molecule has 0 aromatic heterocycles. The first-order valence-corrected chi connectivity index (χ1v) is 29.8. The third-order valence-electron chi connectivity index (χ3n) is 14.5. The Morgan fingerprint density at radius 3 is 1.35 bits per heavy atom. The van der Waals surface area contributed by atoms with Crippen LogP contribution in [0.5, 0.6) is 0 Å². The van der Waals surface area contributed by atoms with Gasteiger partial charge in [0, 0.05) is 6.42 Å². The predicted octanol–water partition coefficient (Wildman–Crippen LogP) is 5.20. The Labute approximate surface area is 476 Å². The lowest BCUT2D eigenvalue weighted by Crippen LogP contribution is -2.66. The molecular weight excluding hydrogens is 1030 g/mol. The summed E-state index contributed by atoms with van der Waals surface area (Å²) in [5.41, 5.74) is 0. The maximum absolute atomic E-state index is 13.2. The highest BCUT2D eigenvalue weighted by Crippen LogP contribution is 2.33. The topological polar surface area (TPSA) is 307 Å². The van der Waals surface area contributed by atoms with E-state index in [4.69, 9.17) is 28.4 Å². The maximum Gasteiger partial charge on any atom is 0.220 e. The zero-order chi connectivity index (χ0) is 58.3. The fraction of sp³-hybridized carbons (Fsp3) is 0.754. The van der Waals surface area contributed by atoms with Crippen LogP contribution in [0, 0.1) is 0 Å². The van der Waals surface area contributed by atoms with E-state index >= 15 is 0 Å². The lowest BCUT2D eigenvalue weighted by molar-refractivity contribution is -0.379. The standard InChI is InChI=1S/C61H103NO18/c1-3-5-7-9-11-12-13-14-15-16-17-18-19-20-21-22-23-24-25-26-27-28-29-30-31-32-33-35-37-39-49(67)62-44(45(66)38-36-34-10-8-6-4-2)43-75-59-55(73)52(70)57(47(41-64)77-59)80-61-56(74)53(71)58(48(42-65)78-61)79-60-54(72)51(69)50(68)46(40-63)76-60/h5,7,11-12,14-15,17-18,20-21,23-24,26-27,44-48,50-61,63-66,68-74H,3-4,6,8-10,13,16,19,22,25,28-43H2,1-2H3,(H,62,67)/b7-5-,12-11-,15-14-,18-17-,21-20-,24-23-,27-26-. The number of allylic oxidation sites excluding steroid dienone is 14. The number of carbonyl (C=O) groups is 1. The molecule has 3 saturated heterocycles. The third-order valence-corrected chi connectivity index (χ3v) is 14.5. The van der Waals surface area contributed by atoms with E-state index in [1.165, 1.54) is 0 Å². The molecule has 3 aliphatic rings. The van der Waals surface area contributed by atoms with Gasteiger partial charge >= 0.3 is 0 Å². The summed E-state index contributed by atoms with van der Waals surface area (Å²) in [5.74, 6) is -0.265. The predicted molar refractivity (Wildman–Crippen MR) is 304 cm³/mol. The van der Waals surface area contributed by atoms with Gasteiger partial charge in [-0.2, -0.15) is 0 Å². The van der Waals surface area contributed by atoms with Crippen LogP contribution in [0.25, 0.3) is 0 Å². The van der Waals surface area contributed by atoms with E-state index in [-0.39, 0.29) is 18.9 Å². The number of unbranched alkanes of at least 4 members (excludes halogenated alkanes) is 12. The maximum atomic E-state index is 13.2. The summed E-state index contributed by atoms with van der Waals surface area (Å²) in [6.07, 6.45) is 25.9. The van der Waals surface area contributed by atoms with Crippen LogP contribution >= 0.6 is 0 Å². The molecule has 0 spiro atoms. The molecule has 17 atom stereocenters. The van der Waals surface area contributed by atoms with Crippen molar-refractivity contribution in [3.05, 3.63) is 85.1 Å². The van der Waals surface area contributed by atoms with E-state index in [0.717, 1.165) is 122 Å². The first kappa shape index (κ1) is 71.2. The van der Waals surface area contributed by atoms with Crippen molar-refractivity contribution in [3.63, 3.8) is 0 Å². The average molecular weight is 1140 g/mol. The van der Waals surface area contributed by atoms with Crippen LogP contribution < -0.4 is 5.32 Å². The van der Waals surface area contributed by atoms with Gasteiger partial charge < -0.3 is 89.9 Å². The Kier molecular flexibility index (Phi) is 38.8. The zero-order valence-corrected chi connectivity index (χ0v) is 47.8. The molecule has 80 heavy (non-hydrogen) atoms. The second-order valence-electron chi connectivity index (χ2n) is 21.1. The van der Waals surface area contributed by atoms with Crippen molar-refractivity contribution in [1.29, 1.82) is 0 Å². The Bertz CT molecular complexity index is 1790. The van der Waals surface area contributed by atoms with Crippen LogP contribution in [0.4, 0.5) is 0 Å². The number of hydrogen-bond donors (Lipinski definition) is 12. The van der Waals surface area contributed by atoms with Crippen LogP contribution in [0.2, 0.25) is 0 Å². The van der Waals surface area contributed by atoms with Gasteiger partial charge in [0.05, 0.1) is 38.6 Å². The lowest BCUT2D eigenvalue weighted by atomic mass is 9.96. The van der Waals surface area contributed by atoms with Crippen LogP contribution in [0.1, 0.15) is 162 Å².